The highest BCUT2D eigenvalue weighted by Gasteiger charge is 2.40. The van der Waals surface area contributed by atoms with Gasteiger partial charge >= 0.3 is 5.97 Å². The fourth-order valence-corrected chi connectivity index (χ4v) is 4.93. The number of amides is 1. The summed E-state index contributed by atoms with van der Waals surface area (Å²) in [6.45, 7) is 7.84. The van der Waals surface area contributed by atoms with Crippen molar-refractivity contribution in [3.63, 3.8) is 0 Å². The number of hydrogen-bond donors (Lipinski definition) is 2. The quantitative estimate of drug-likeness (QED) is 0.431. The highest BCUT2D eigenvalue weighted by molar-refractivity contribution is 8.00. The molecular weight excluding hydrogens is 370 g/mol. The van der Waals surface area contributed by atoms with Gasteiger partial charge in [-0.25, -0.2) is 4.79 Å². The average molecular weight is 396 g/mol. The van der Waals surface area contributed by atoms with Crippen LogP contribution in [0.5, 0.6) is 0 Å². The summed E-state index contributed by atoms with van der Waals surface area (Å²) in [5.74, 6) is -0.862. The lowest BCUT2D eigenvalue weighted by atomic mass is 9.79. The lowest BCUT2D eigenvalue weighted by Gasteiger charge is -2.39. The van der Waals surface area contributed by atoms with E-state index < -0.39 is 16.8 Å². The number of hydrogen-bond acceptors (Lipinski definition) is 3. The van der Waals surface area contributed by atoms with Gasteiger partial charge in [-0.05, 0) is 29.6 Å². The number of rotatable bonds is 11. The molecule has 0 spiro atoms. The van der Waals surface area contributed by atoms with Gasteiger partial charge in [-0.2, -0.15) is 0 Å². The molecule has 2 atom stereocenters. The molecule has 5 heteroatoms. The first kappa shape index (κ1) is 21.5. The largest absolute Gasteiger partial charge is 0.480 e. The minimum absolute atomic E-state index is 0.201. The van der Waals surface area contributed by atoms with Crippen LogP contribution in [0.15, 0.2) is 91.1 Å². The van der Waals surface area contributed by atoms with Crippen LogP contribution in [0.1, 0.15) is 18.4 Å². The van der Waals surface area contributed by atoms with Crippen molar-refractivity contribution in [1.82, 2.24) is 5.32 Å². The number of aliphatic carboxylic acids is 1. The van der Waals surface area contributed by atoms with E-state index in [1.807, 2.05) is 42.5 Å². The molecule has 0 saturated heterocycles. The molecule has 1 aliphatic rings. The molecule has 1 aromatic carbocycles. The maximum absolute atomic E-state index is 11.6. The Bertz CT molecular complexity index is 810. The molecule has 4 nitrogen and oxygen atoms in total. The van der Waals surface area contributed by atoms with Gasteiger partial charge in [-0.1, -0.05) is 79.9 Å². The first-order valence-corrected chi connectivity index (χ1v) is 10.0. The third-order valence-electron chi connectivity index (χ3n) is 4.60. The zero-order valence-electron chi connectivity index (χ0n) is 15.7. The zero-order valence-corrected chi connectivity index (χ0v) is 16.5. The summed E-state index contributed by atoms with van der Waals surface area (Å²) in [5.41, 5.74) is 3.12. The van der Waals surface area contributed by atoms with Crippen LogP contribution in [0.2, 0.25) is 0 Å². The van der Waals surface area contributed by atoms with Crippen LogP contribution in [0.25, 0.3) is 0 Å². The molecule has 2 N–H and O–H groups in total. The van der Waals surface area contributed by atoms with E-state index in [1.165, 1.54) is 11.8 Å². The third kappa shape index (κ3) is 4.73. The fourth-order valence-electron chi connectivity index (χ4n) is 3.30. The first-order chi connectivity index (χ1) is 13.6. The smallest absolute Gasteiger partial charge is 0.327 e. The molecule has 0 aromatic heterocycles. The molecule has 0 radical (unpaired) electrons. The SMILES string of the molecule is C=C/C=C(\C=C)C(SCC(NC=O)C(=O)O)(C1=CC=CCC1)c1ccccc1. The highest BCUT2D eigenvalue weighted by atomic mass is 32.2. The second-order valence-corrected chi connectivity index (χ2v) is 7.49. The van der Waals surface area contributed by atoms with Crippen LogP contribution < -0.4 is 5.32 Å². The van der Waals surface area contributed by atoms with Crippen LogP contribution in [0, 0.1) is 0 Å². The molecule has 0 heterocycles. The summed E-state index contributed by atoms with van der Waals surface area (Å²) in [5, 5.41) is 11.9. The Morgan fingerprint density at radius 2 is 2.07 bits per heavy atom. The van der Waals surface area contributed by atoms with E-state index in [0.29, 0.717) is 6.41 Å². The molecular formula is C23H25NO3S. The Morgan fingerprint density at radius 3 is 2.61 bits per heavy atom. The van der Waals surface area contributed by atoms with Crippen LogP contribution >= 0.6 is 11.8 Å². The van der Waals surface area contributed by atoms with E-state index in [4.69, 9.17) is 0 Å². The standard InChI is InChI=1S/C23H25NO3S/c1-3-11-18(4-2)23(19-12-7-5-8-13-19,20-14-9-6-10-15-20)28-16-21(22(26)27)24-17-25/h3-9,11-14,17,21H,1-2,10,15-16H2,(H,24,25)(H,26,27)/b18-11+. The van der Waals surface area contributed by atoms with Crippen LogP contribution in [0.3, 0.4) is 0 Å². The van der Waals surface area contributed by atoms with Gasteiger partial charge in [0.05, 0.1) is 4.75 Å². The summed E-state index contributed by atoms with van der Waals surface area (Å²) in [6.07, 6.45) is 13.8. The number of benzene rings is 1. The predicted molar refractivity (Wildman–Crippen MR) is 116 cm³/mol. The van der Waals surface area contributed by atoms with Crippen molar-refractivity contribution in [3.8, 4) is 0 Å². The van der Waals surface area contributed by atoms with Gasteiger partial charge in [0.15, 0.2) is 0 Å². The summed E-state index contributed by atoms with van der Waals surface area (Å²) >= 11 is 1.49. The van der Waals surface area contributed by atoms with Gasteiger partial charge in [0.2, 0.25) is 6.41 Å². The molecule has 2 rings (SSSR count). The average Bonchev–Trinajstić information content (AvgIpc) is 2.73. The Kier molecular flexibility index (Phi) is 8.08. The van der Waals surface area contributed by atoms with E-state index in [-0.39, 0.29) is 5.75 Å². The number of carbonyl (C=O) groups excluding carboxylic acids is 1. The number of thioether (sulfide) groups is 1. The number of carboxylic acid groups (broad SMARTS) is 1. The monoisotopic (exact) mass is 395 g/mol. The highest BCUT2D eigenvalue weighted by Crippen LogP contribution is 2.51. The van der Waals surface area contributed by atoms with Crippen LogP contribution in [-0.2, 0) is 14.3 Å². The van der Waals surface area contributed by atoms with Gasteiger partial charge in [-0.3, -0.25) is 4.79 Å². The number of carbonyl (C=O) groups is 2. The zero-order chi connectivity index (χ0) is 20.4. The topological polar surface area (TPSA) is 66.4 Å². The van der Waals surface area contributed by atoms with Gasteiger partial charge in [-0.15, -0.1) is 11.8 Å². The molecule has 146 valence electrons. The predicted octanol–water partition coefficient (Wildman–Crippen LogP) is 4.39. The van der Waals surface area contributed by atoms with Crippen molar-refractivity contribution in [2.45, 2.75) is 23.6 Å². The van der Waals surface area contributed by atoms with Crippen LogP contribution in [0.4, 0.5) is 0 Å². The Hall–Kier alpha value is -2.79. The van der Waals surface area contributed by atoms with Crippen LogP contribution in [-0.4, -0.2) is 29.3 Å². The van der Waals surface area contributed by atoms with Crippen molar-refractivity contribution in [1.29, 1.82) is 0 Å². The maximum atomic E-state index is 11.6. The Labute approximate surface area is 170 Å². The molecule has 2 unspecified atom stereocenters. The van der Waals surface area contributed by atoms with Gasteiger partial charge in [0.1, 0.15) is 6.04 Å². The third-order valence-corrected chi connectivity index (χ3v) is 6.27. The fraction of sp³-hybridized carbons (Fsp3) is 0.217. The minimum Gasteiger partial charge on any atom is -0.480 e. The molecule has 0 aliphatic heterocycles. The van der Waals surface area contributed by atoms with E-state index in [2.05, 4.69) is 30.6 Å². The maximum Gasteiger partial charge on any atom is 0.327 e. The van der Waals surface area contributed by atoms with Gasteiger partial charge < -0.3 is 10.4 Å². The van der Waals surface area contributed by atoms with Gasteiger partial charge in [0, 0.05) is 5.75 Å². The molecule has 0 saturated carbocycles. The van der Waals surface area contributed by atoms with Crippen molar-refractivity contribution < 1.29 is 14.7 Å². The van der Waals surface area contributed by atoms with Gasteiger partial charge in [0.25, 0.3) is 0 Å². The summed E-state index contributed by atoms with van der Waals surface area (Å²) < 4.78 is -0.625. The molecule has 1 aliphatic carbocycles. The minimum atomic E-state index is -1.06. The summed E-state index contributed by atoms with van der Waals surface area (Å²) in [4.78, 5) is 22.4. The first-order valence-electron chi connectivity index (χ1n) is 9.04. The normalized spacial score (nSPS) is 17.0. The lowest BCUT2D eigenvalue weighted by Crippen LogP contribution is -2.40. The van der Waals surface area contributed by atoms with E-state index >= 15 is 0 Å². The van der Waals surface area contributed by atoms with Crippen molar-refractivity contribution in [2.75, 3.05) is 5.75 Å². The Balaban J connectivity index is 2.64. The van der Waals surface area contributed by atoms with Crippen molar-refractivity contribution in [2.24, 2.45) is 0 Å². The van der Waals surface area contributed by atoms with E-state index in [9.17, 15) is 14.7 Å². The number of carboxylic acids is 1. The summed E-state index contributed by atoms with van der Waals surface area (Å²) in [7, 11) is 0. The molecule has 1 amide bonds. The second kappa shape index (κ2) is 10.5. The molecule has 0 bridgehead atoms. The van der Waals surface area contributed by atoms with Crippen molar-refractivity contribution in [3.05, 3.63) is 96.7 Å². The van der Waals surface area contributed by atoms with E-state index in [1.54, 1.807) is 12.2 Å². The molecule has 0 fully saturated rings. The molecule has 28 heavy (non-hydrogen) atoms. The van der Waals surface area contributed by atoms with E-state index in [0.717, 1.165) is 29.6 Å². The second-order valence-electron chi connectivity index (χ2n) is 6.25. The lowest BCUT2D eigenvalue weighted by molar-refractivity contribution is -0.139. The Morgan fingerprint density at radius 1 is 1.32 bits per heavy atom. The molecule has 1 aromatic rings. The number of allylic oxidation sites excluding steroid dienone is 6. The number of nitrogens with one attached hydrogen (secondary N) is 1. The van der Waals surface area contributed by atoms with Crippen molar-refractivity contribution >= 4 is 24.1 Å². The summed E-state index contributed by atoms with van der Waals surface area (Å²) in [6, 6.07) is 8.98.